The van der Waals surface area contributed by atoms with Crippen LogP contribution in [0.4, 0.5) is 8.78 Å². The average Bonchev–Trinajstić information content (AvgIpc) is 2.73. The molecule has 0 radical (unpaired) electrons. The Bertz CT molecular complexity index is 833. The largest absolute Gasteiger partial charge is 0.308 e. The predicted octanol–water partition coefficient (Wildman–Crippen LogP) is 4.80. The van der Waals surface area contributed by atoms with Crippen LogP contribution in [0.2, 0.25) is 0 Å². The summed E-state index contributed by atoms with van der Waals surface area (Å²) in [7, 11) is 0. The van der Waals surface area contributed by atoms with E-state index in [-0.39, 0.29) is 23.6 Å². The van der Waals surface area contributed by atoms with E-state index in [4.69, 9.17) is 5.21 Å². The van der Waals surface area contributed by atoms with Gasteiger partial charge in [-0.05, 0) is 80.5 Å². The number of halogens is 2. The minimum Gasteiger partial charge on any atom is -0.308 e. The van der Waals surface area contributed by atoms with E-state index in [0.717, 1.165) is 29.7 Å². The number of pyridine rings is 1. The summed E-state index contributed by atoms with van der Waals surface area (Å²) in [5.74, 6) is -1.25. The number of nitrogens with one attached hydrogen (secondary N) is 2. The van der Waals surface area contributed by atoms with Gasteiger partial charge >= 0.3 is 0 Å². The Kier molecular flexibility index (Phi) is 9.52. The van der Waals surface area contributed by atoms with Crippen LogP contribution in [0, 0.1) is 37.3 Å². The number of carbonyl (C=O) groups is 1. The Morgan fingerprint density at radius 3 is 2.48 bits per heavy atom. The quantitative estimate of drug-likeness (QED) is 0.270. The standard InChI is InChI=1S/C24H33F2N3O2/c1-15(2)23(22-9-8-20(25)14-28-22)27-10-6-5-7-19(24(30)29-31)12-18-11-16(3)17(4)21(26)13-18/h8-9,11,13-15,19,23,27,31H,5-7,10,12H2,1-4H3,(H,29,30)/t19-,23+/m0/s1. The van der Waals surface area contributed by atoms with Crippen molar-refractivity contribution in [2.45, 2.75) is 59.4 Å². The molecule has 0 saturated heterocycles. The summed E-state index contributed by atoms with van der Waals surface area (Å²) in [5.41, 5.74) is 4.73. The van der Waals surface area contributed by atoms with Crippen LogP contribution >= 0.6 is 0 Å². The molecule has 5 nitrogen and oxygen atoms in total. The third-order valence-corrected chi connectivity index (χ3v) is 5.71. The number of hydrogen-bond donors (Lipinski definition) is 3. The normalized spacial score (nSPS) is 13.3. The summed E-state index contributed by atoms with van der Waals surface area (Å²) in [6, 6.07) is 6.46. The Balaban J connectivity index is 1.89. The molecule has 1 amide bonds. The van der Waals surface area contributed by atoms with Gasteiger partial charge in [-0.1, -0.05) is 26.3 Å². The molecule has 1 aromatic heterocycles. The maximum atomic E-state index is 14.0. The van der Waals surface area contributed by atoms with Gasteiger partial charge in [-0.3, -0.25) is 15.0 Å². The zero-order valence-corrected chi connectivity index (χ0v) is 18.7. The highest BCUT2D eigenvalue weighted by molar-refractivity contribution is 5.77. The zero-order valence-electron chi connectivity index (χ0n) is 18.7. The van der Waals surface area contributed by atoms with E-state index in [9.17, 15) is 13.6 Å². The fourth-order valence-electron chi connectivity index (χ4n) is 3.73. The molecule has 3 N–H and O–H groups in total. The van der Waals surface area contributed by atoms with Gasteiger partial charge < -0.3 is 5.32 Å². The number of carbonyl (C=O) groups excluding carboxylic acids is 1. The molecule has 170 valence electrons. The molecule has 2 atom stereocenters. The van der Waals surface area contributed by atoms with Crippen LogP contribution in [0.15, 0.2) is 30.5 Å². The van der Waals surface area contributed by atoms with E-state index in [2.05, 4.69) is 24.1 Å². The van der Waals surface area contributed by atoms with Crippen LogP contribution in [-0.4, -0.2) is 22.6 Å². The summed E-state index contributed by atoms with van der Waals surface area (Å²) < 4.78 is 27.2. The van der Waals surface area contributed by atoms with E-state index in [1.54, 1.807) is 18.5 Å². The van der Waals surface area contributed by atoms with Crippen molar-refractivity contribution >= 4 is 5.91 Å². The van der Waals surface area contributed by atoms with Gasteiger partial charge in [0.15, 0.2) is 0 Å². The van der Waals surface area contributed by atoms with E-state index in [1.807, 2.05) is 13.0 Å². The molecule has 0 aliphatic heterocycles. The SMILES string of the molecule is Cc1cc(C[C@H](CCCCN[C@@H](c2ccc(F)cn2)C(C)C)C(=O)NO)cc(F)c1C. The minimum absolute atomic E-state index is 0.00986. The fraction of sp³-hybridized carbons (Fsp3) is 0.500. The molecule has 0 aliphatic rings. The molecule has 1 heterocycles. The number of hydrogen-bond acceptors (Lipinski definition) is 4. The number of unbranched alkanes of at least 4 members (excludes halogenated alkanes) is 1. The zero-order chi connectivity index (χ0) is 23.0. The van der Waals surface area contributed by atoms with Crippen LogP contribution in [0.5, 0.6) is 0 Å². The van der Waals surface area contributed by atoms with Crippen molar-refractivity contribution in [2.24, 2.45) is 11.8 Å². The number of benzene rings is 1. The monoisotopic (exact) mass is 433 g/mol. The molecule has 0 bridgehead atoms. The second-order valence-corrected chi connectivity index (χ2v) is 8.47. The summed E-state index contributed by atoms with van der Waals surface area (Å²) in [6.45, 7) is 8.44. The molecule has 0 spiro atoms. The Morgan fingerprint density at radius 2 is 1.90 bits per heavy atom. The van der Waals surface area contributed by atoms with Crippen LogP contribution in [-0.2, 0) is 11.2 Å². The van der Waals surface area contributed by atoms with E-state index in [1.165, 1.54) is 18.3 Å². The molecular weight excluding hydrogens is 400 g/mol. The maximum absolute atomic E-state index is 14.0. The minimum atomic E-state index is -0.456. The lowest BCUT2D eigenvalue weighted by atomic mass is 9.91. The number of nitrogens with zero attached hydrogens (tertiary/aromatic N) is 1. The van der Waals surface area contributed by atoms with Gasteiger partial charge in [0.2, 0.25) is 5.91 Å². The highest BCUT2D eigenvalue weighted by Gasteiger charge is 2.20. The Labute approximate surface area is 183 Å². The number of amides is 1. The van der Waals surface area contributed by atoms with Crippen molar-refractivity contribution in [2.75, 3.05) is 6.54 Å². The van der Waals surface area contributed by atoms with Gasteiger partial charge in [0.25, 0.3) is 0 Å². The number of hydroxylamine groups is 1. The van der Waals surface area contributed by atoms with Gasteiger partial charge in [-0.15, -0.1) is 0 Å². The smallest absolute Gasteiger partial charge is 0.246 e. The van der Waals surface area contributed by atoms with Gasteiger partial charge in [0, 0.05) is 5.92 Å². The van der Waals surface area contributed by atoms with Crippen molar-refractivity contribution in [3.8, 4) is 0 Å². The number of aromatic nitrogens is 1. The van der Waals surface area contributed by atoms with Crippen LogP contribution in [0.1, 0.15) is 61.5 Å². The number of aryl methyl sites for hydroxylation is 1. The third kappa shape index (κ3) is 7.36. The topological polar surface area (TPSA) is 74.2 Å². The van der Waals surface area contributed by atoms with Crippen LogP contribution in [0.25, 0.3) is 0 Å². The molecule has 0 unspecified atom stereocenters. The van der Waals surface area contributed by atoms with Crippen molar-refractivity contribution < 1.29 is 18.8 Å². The summed E-state index contributed by atoms with van der Waals surface area (Å²) in [5, 5.41) is 12.6. The van der Waals surface area contributed by atoms with Crippen molar-refractivity contribution in [1.82, 2.24) is 15.8 Å². The maximum Gasteiger partial charge on any atom is 0.246 e. The highest BCUT2D eigenvalue weighted by atomic mass is 19.1. The molecular formula is C24H33F2N3O2. The Morgan fingerprint density at radius 1 is 1.16 bits per heavy atom. The summed E-state index contributed by atoms with van der Waals surface area (Å²) in [6.07, 6.45) is 3.75. The second-order valence-electron chi connectivity index (χ2n) is 8.47. The summed E-state index contributed by atoms with van der Waals surface area (Å²) in [4.78, 5) is 16.3. The van der Waals surface area contributed by atoms with Gasteiger partial charge in [0.1, 0.15) is 11.6 Å². The molecule has 2 rings (SSSR count). The van der Waals surface area contributed by atoms with Gasteiger partial charge in [-0.2, -0.15) is 0 Å². The first-order valence-electron chi connectivity index (χ1n) is 10.8. The van der Waals surface area contributed by atoms with E-state index >= 15 is 0 Å². The fourth-order valence-corrected chi connectivity index (χ4v) is 3.73. The van der Waals surface area contributed by atoms with Gasteiger partial charge in [0.05, 0.1) is 17.9 Å². The lowest BCUT2D eigenvalue weighted by Crippen LogP contribution is -2.30. The second kappa shape index (κ2) is 11.9. The highest BCUT2D eigenvalue weighted by Crippen LogP contribution is 2.22. The molecule has 31 heavy (non-hydrogen) atoms. The lowest BCUT2D eigenvalue weighted by molar-refractivity contribution is -0.133. The number of rotatable bonds is 11. The molecule has 2 aromatic rings. The lowest BCUT2D eigenvalue weighted by Gasteiger charge is -2.22. The van der Waals surface area contributed by atoms with Crippen molar-refractivity contribution in [3.63, 3.8) is 0 Å². The molecule has 7 heteroatoms. The first-order chi connectivity index (χ1) is 14.7. The van der Waals surface area contributed by atoms with Gasteiger partial charge in [-0.25, -0.2) is 14.3 Å². The first-order valence-corrected chi connectivity index (χ1v) is 10.8. The third-order valence-electron chi connectivity index (χ3n) is 5.71. The molecule has 0 aliphatic carbocycles. The van der Waals surface area contributed by atoms with Crippen LogP contribution < -0.4 is 10.8 Å². The van der Waals surface area contributed by atoms with E-state index in [0.29, 0.717) is 24.9 Å². The van der Waals surface area contributed by atoms with Crippen molar-refractivity contribution in [3.05, 3.63) is 64.5 Å². The van der Waals surface area contributed by atoms with Crippen LogP contribution in [0.3, 0.4) is 0 Å². The van der Waals surface area contributed by atoms with E-state index < -0.39 is 11.8 Å². The average molecular weight is 434 g/mol. The molecule has 0 fully saturated rings. The summed E-state index contributed by atoms with van der Waals surface area (Å²) >= 11 is 0. The Hall–Kier alpha value is -2.38. The first kappa shape index (κ1) is 24.9. The predicted molar refractivity (Wildman–Crippen MR) is 117 cm³/mol. The van der Waals surface area contributed by atoms with Crippen molar-refractivity contribution in [1.29, 1.82) is 0 Å². The molecule has 1 aromatic carbocycles. The molecule has 0 saturated carbocycles.